The van der Waals surface area contributed by atoms with Crippen LogP contribution < -0.4 is 5.73 Å². The van der Waals surface area contributed by atoms with Gasteiger partial charge >= 0.3 is 0 Å². The summed E-state index contributed by atoms with van der Waals surface area (Å²) in [4.78, 5) is 2.53. The maximum Gasteiger partial charge on any atom is 0.0593 e. The van der Waals surface area contributed by atoms with Gasteiger partial charge in [0.25, 0.3) is 0 Å². The fourth-order valence-electron chi connectivity index (χ4n) is 2.70. The summed E-state index contributed by atoms with van der Waals surface area (Å²) in [5.74, 6) is 1.62. The van der Waals surface area contributed by atoms with Crippen LogP contribution in [-0.4, -0.2) is 43.8 Å². The quantitative estimate of drug-likeness (QED) is 0.678. The molecule has 0 saturated carbocycles. The Morgan fingerprint density at radius 1 is 1.33 bits per heavy atom. The summed E-state index contributed by atoms with van der Waals surface area (Å²) in [6.45, 7) is 11.6. The van der Waals surface area contributed by atoms with Crippen molar-refractivity contribution in [1.82, 2.24) is 4.90 Å². The van der Waals surface area contributed by atoms with Gasteiger partial charge in [-0.05, 0) is 37.6 Å². The molecule has 18 heavy (non-hydrogen) atoms. The number of likely N-dealkylation sites (tertiary alicyclic amines) is 1. The summed E-state index contributed by atoms with van der Waals surface area (Å²) < 4.78 is 5.71. The first-order valence-corrected chi connectivity index (χ1v) is 7.69. The zero-order chi connectivity index (χ0) is 13.4. The summed E-state index contributed by atoms with van der Waals surface area (Å²) in [6, 6.07) is 0.581. The molecule has 2 atom stereocenters. The van der Waals surface area contributed by atoms with Crippen LogP contribution in [0.15, 0.2) is 0 Å². The highest BCUT2D eigenvalue weighted by atomic mass is 16.5. The monoisotopic (exact) mass is 256 g/mol. The molecule has 2 N–H and O–H groups in total. The SMILES string of the molecule is CCC1CCN(CCOCCC(C)C)C(CN)C1. The Morgan fingerprint density at radius 3 is 2.72 bits per heavy atom. The van der Waals surface area contributed by atoms with Gasteiger partial charge in [0, 0.05) is 25.7 Å². The van der Waals surface area contributed by atoms with Crippen LogP contribution in [0.3, 0.4) is 0 Å². The van der Waals surface area contributed by atoms with Crippen molar-refractivity contribution in [2.75, 3.05) is 32.8 Å². The van der Waals surface area contributed by atoms with Crippen LogP contribution in [0.25, 0.3) is 0 Å². The average Bonchev–Trinajstić information content (AvgIpc) is 2.38. The van der Waals surface area contributed by atoms with Crippen molar-refractivity contribution in [3.8, 4) is 0 Å². The Hall–Kier alpha value is -0.120. The van der Waals surface area contributed by atoms with Gasteiger partial charge < -0.3 is 10.5 Å². The van der Waals surface area contributed by atoms with E-state index in [2.05, 4.69) is 25.7 Å². The minimum Gasteiger partial charge on any atom is -0.380 e. The summed E-state index contributed by atoms with van der Waals surface area (Å²) in [7, 11) is 0. The van der Waals surface area contributed by atoms with Crippen LogP contribution in [0.2, 0.25) is 0 Å². The Morgan fingerprint density at radius 2 is 2.11 bits per heavy atom. The zero-order valence-electron chi connectivity index (χ0n) is 12.5. The van der Waals surface area contributed by atoms with E-state index in [1.807, 2.05) is 0 Å². The van der Waals surface area contributed by atoms with E-state index in [-0.39, 0.29) is 0 Å². The third-order valence-electron chi connectivity index (χ3n) is 4.16. The highest BCUT2D eigenvalue weighted by molar-refractivity contribution is 4.81. The van der Waals surface area contributed by atoms with Gasteiger partial charge in [0.15, 0.2) is 0 Å². The molecule has 0 aromatic rings. The molecule has 0 aromatic carbocycles. The second-order valence-electron chi connectivity index (χ2n) is 6.02. The maximum absolute atomic E-state index is 5.90. The summed E-state index contributed by atoms with van der Waals surface area (Å²) in [6.07, 6.45) is 5.07. The predicted molar refractivity (Wildman–Crippen MR) is 77.7 cm³/mol. The van der Waals surface area contributed by atoms with Crippen LogP contribution in [-0.2, 0) is 4.74 Å². The summed E-state index contributed by atoms with van der Waals surface area (Å²) in [5.41, 5.74) is 5.90. The smallest absolute Gasteiger partial charge is 0.0593 e. The second-order valence-corrected chi connectivity index (χ2v) is 6.02. The zero-order valence-corrected chi connectivity index (χ0v) is 12.5. The van der Waals surface area contributed by atoms with E-state index in [9.17, 15) is 0 Å². The number of piperidine rings is 1. The normalized spacial score (nSPS) is 25.8. The molecule has 0 aliphatic carbocycles. The Kier molecular flexibility index (Phi) is 7.87. The first-order chi connectivity index (χ1) is 8.67. The molecule has 0 amide bonds. The molecule has 1 aliphatic rings. The molecule has 1 fully saturated rings. The van der Waals surface area contributed by atoms with Gasteiger partial charge in [-0.2, -0.15) is 0 Å². The van der Waals surface area contributed by atoms with Crippen molar-refractivity contribution in [2.45, 2.75) is 52.5 Å². The molecule has 0 bridgehead atoms. The molecule has 1 aliphatic heterocycles. The lowest BCUT2D eigenvalue weighted by molar-refractivity contribution is 0.0562. The molecule has 1 rings (SSSR count). The largest absolute Gasteiger partial charge is 0.380 e. The van der Waals surface area contributed by atoms with Crippen molar-refractivity contribution in [1.29, 1.82) is 0 Å². The average molecular weight is 256 g/mol. The van der Waals surface area contributed by atoms with Crippen LogP contribution in [0, 0.1) is 11.8 Å². The predicted octanol–water partition coefficient (Wildman–Crippen LogP) is 2.50. The topological polar surface area (TPSA) is 38.5 Å². The number of rotatable bonds is 8. The number of hydrogen-bond donors (Lipinski definition) is 1. The van der Waals surface area contributed by atoms with E-state index < -0.39 is 0 Å². The Bertz CT molecular complexity index is 209. The molecule has 0 aromatic heterocycles. The number of nitrogens with zero attached hydrogens (tertiary/aromatic N) is 1. The van der Waals surface area contributed by atoms with E-state index in [0.717, 1.165) is 44.6 Å². The van der Waals surface area contributed by atoms with Crippen LogP contribution in [0.1, 0.15) is 46.5 Å². The van der Waals surface area contributed by atoms with Crippen LogP contribution in [0.5, 0.6) is 0 Å². The van der Waals surface area contributed by atoms with Gasteiger partial charge in [0.2, 0.25) is 0 Å². The third kappa shape index (κ3) is 5.68. The van der Waals surface area contributed by atoms with E-state index in [4.69, 9.17) is 10.5 Å². The molecule has 1 heterocycles. The summed E-state index contributed by atoms with van der Waals surface area (Å²) >= 11 is 0. The van der Waals surface area contributed by atoms with Crippen LogP contribution in [0.4, 0.5) is 0 Å². The van der Waals surface area contributed by atoms with Gasteiger partial charge in [0.05, 0.1) is 6.61 Å². The van der Waals surface area contributed by atoms with Crippen LogP contribution >= 0.6 is 0 Å². The third-order valence-corrected chi connectivity index (χ3v) is 4.16. The molecular weight excluding hydrogens is 224 g/mol. The standard InChI is InChI=1S/C15H32N2O/c1-4-14-5-7-17(15(11-14)12-16)8-10-18-9-6-13(2)3/h13-15H,4-12,16H2,1-3H3. The van der Waals surface area contributed by atoms with E-state index >= 15 is 0 Å². The highest BCUT2D eigenvalue weighted by Crippen LogP contribution is 2.24. The first kappa shape index (κ1) is 15.9. The molecule has 3 heteroatoms. The first-order valence-electron chi connectivity index (χ1n) is 7.69. The van der Waals surface area contributed by atoms with Crippen molar-refractivity contribution in [3.63, 3.8) is 0 Å². The molecule has 108 valence electrons. The fourth-order valence-corrected chi connectivity index (χ4v) is 2.70. The van der Waals surface area contributed by atoms with Gasteiger partial charge in [0.1, 0.15) is 0 Å². The number of ether oxygens (including phenoxy) is 1. The molecule has 3 nitrogen and oxygen atoms in total. The minimum atomic E-state index is 0.581. The van der Waals surface area contributed by atoms with Crippen molar-refractivity contribution >= 4 is 0 Å². The summed E-state index contributed by atoms with van der Waals surface area (Å²) in [5, 5.41) is 0. The lowest BCUT2D eigenvalue weighted by atomic mass is 9.89. The van der Waals surface area contributed by atoms with E-state index in [0.29, 0.717) is 6.04 Å². The molecule has 1 saturated heterocycles. The minimum absolute atomic E-state index is 0.581. The van der Waals surface area contributed by atoms with E-state index in [1.165, 1.54) is 25.8 Å². The number of nitrogens with two attached hydrogens (primary N) is 1. The van der Waals surface area contributed by atoms with Gasteiger partial charge in [-0.3, -0.25) is 4.90 Å². The lowest BCUT2D eigenvalue weighted by Gasteiger charge is -2.38. The van der Waals surface area contributed by atoms with Gasteiger partial charge in [-0.1, -0.05) is 27.2 Å². The van der Waals surface area contributed by atoms with Gasteiger partial charge in [-0.15, -0.1) is 0 Å². The van der Waals surface area contributed by atoms with Crippen molar-refractivity contribution in [2.24, 2.45) is 17.6 Å². The Labute approximate surface area is 113 Å². The lowest BCUT2D eigenvalue weighted by Crippen LogP contribution is -2.47. The molecule has 0 radical (unpaired) electrons. The fraction of sp³-hybridized carbons (Fsp3) is 1.00. The number of hydrogen-bond acceptors (Lipinski definition) is 3. The second kappa shape index (κ2) is 8.89. The van der Waals surface area contributed by atoms with Crippen molar-refractivity contribution in [3.05, 3.63) is 0 Å². The van der Waals surface area contributed by atoms with Gasteiger partial charge in [-0.25, -0.2) is 0 Å². The maximum atomic E-state index is 5.90. The Balaban J connectivity index is 2.16. The molecule has 0 spiro atoms. The molecule has 2 unspecified atom stereocenters. The van der Waals surface area contributed by atoms with E-state index in [1.54, 1.807) is 0 Å². The molecular formula is C15H32N2O. The highest BCUT2D eigenvalue weighted by Gasteiger charge is 2.25. The van der Waals surface area contributed by atoms with Crippen molar-refractivity contribution < 1.29 is 4.74 Å².